The summed E-state index contributed by atoms with van der Waals surface area (Å²) in [7, 11) is 1.73. The zero-order valence-corrected chi connectivity index (χ0v) is 9.75. The van der Waals surface area contributed by atoms with Crippen LogP contribution in [0.25, 0.3) is 11.1 Å². The highest BCUT2D eigenvalue weighted by atomic mass is 16.4. The number of carboxylic acid groups (broad SMARTS) is 1. The maximum atomic E-state index is 10.8. The molecule has 90 valence electrons. The van der Waals surface area contributed by atoms with E-state index in [4.69, 9.17) is 9.52 Å². The molecule has 0 bridgehead atoms. The third-order valence-electron chi connectivity index (χ3n) is 2.74. The average molecular weight is 234 g/mol. The summed E-state index contributed by atoms with van der Waals surface area (Å²) in [5, 5.41) is 8.88. The van der Waals surface area contributed by atoms with E-state index >= 15 is 0 Å². The minimum atomic E-state index is -0.858. The van der Waals surface area contributed by atoms with E-state index in [0.717, 1.165) is 11.1 Å². The number of carbonyl (C=O) groups is 1. The van der Waals surface area contributed by atoms with Crippen LogP contribution in [-0.4, -0.2) is 34.0 Å². The van der Waals surface area contributed by atoms with Crippen molar-refractivity contribution in [2.75, 3.05) is 7.05 Å². The van der Waals surface area contributed by atoms with Crippen LogP contribution in [0.5, 0.6) is 0 Å². The number of carboxylic acids is 1. The van der Waals surface area contributed by atoms with E-state index < -0.39 is 12.0 Å². The van der Waals surface area contributed by atoms with Crippen LogP contribution in [0.1, 0.15) is 12.8 Å². The van der Waals surface area contributed by atoms with Crippen LogP contribution in [0.4, 0.5) is 0 Å². The normalized spacial score (nSPS) is 13.1. The largest absolute Gasteiger partial charge is 0.480 e. The van der Waals surface area contributed by atoms with Gasteiger partial charge in [-0.15, -0.1) is 0 Å². The Morgan fingerprint density at radius 3 is 2.88 bits per heavy atom. The third-order valence-corrected chi connectivity index (χ3v) is 2.74. The first-order valence-corrected chi connectivity index (χ1v) is 5.35. The van der Waals surface area contributed by atoms with Gasteiger partial charge in [0.05, 0.1) is 6.54 Å². The van der Waals surface area contributed by atoms with Crippen LogP contribution in [0.15, 0.2) is 28.7 Å². The summed E-state index contributed by atoms with van der Waals surface area (Å²) < 4.78 is 5.52. The summed E-state index contributed by atoms with van der Waals surface area (Å²) in [5.41, 5.74) is 1.51. The molecule has 5 nitrogen and oxygen atoms in total. The van der Waals surface area contributed by atoms with Gasteiger partial charge in [-0.2, -0.15) is 0 Å². The topological polar surface area (TPSA) is 66.6 Å². The van der Waals surface area contributed by atoms with Crippen molar-refractivity contribution in [1.82, 2.24) is 9.88 Å². The molecule has 0 aliphatic heterocycles. The van der Waals surface area contributed by atoms with Crippen LogP contribution < -0.4 is 0 Å². The predicted octanol–water partition coefficient (Wildman–Crippen LogP) is 1.73. The minimum absolute atomic E-state index is 0.377. The molecule has 1 heterocycles. The maximum absolute atomic E-state index is 10.8. The fourth-order valence-corrected chi connectivity index (χ4v) is 1.53. The number of oxazole rings is 1. The summed E-state index contributed by atoms with van der Waals surface area (Å²) >= 11 is 0. The van der Waals surface area contributed by atoms with Crippen molar-refractivity contribution >= 4 is 17.1 Å². The third kappa shape index (κ3) is 2.45. The Balaban J connectivity index is 2.15. The first kappa shape index (κ1) is 11.6. The molecule has 0 saturated heterocycles. The lowest BCUT2D eigenvalue weighted by Crippen LogP contribution is -2.35. The molecular weight excluding hydrogens is 220 g/mol. The number of hydrogen-bond acceptors (Lipinski definition) is 4. The molecule has 1 atom stereocenters. The number of likely N-dealkylation sites (N-methyl/N-ethyl adjacent to an activating group) is 1. The Morgan fingerprint density at radius 2 is 2.24 bits per heavy atom. The van der Waals surface area contributed by atoms with Crippen molar-refractivity contribution in [3.63, 3.8) is 0 Å². The highest BCUT2D eigenvalue weighted by molar-refractivity contribution is 5.73. The zero-order valence-electron chi connectivity index (χ0n) is 9.75. The predicted molar refractivity (Wildman–Crippen MR) is 62.6 cm³/mol. The molecule has 1 aromatic carbocycles. The molecule has 2 rings (SSSR count). The molecule has 0 amide bonds. The maximum Gasteiger partial charge on any atom is 0.320 e. The van der Waals surface area contributed by atoms with Crippen LogP contribution in [0.3, 0.4) is 0 Å². The Kier molecular flexibility index (Phi) is 3.10. The monoisotopic (exact) mass is 234 g/mol. The number of benzene rings is 1. The molecule has 0 fully saturated rings. The van der Waals surface area contributed by atoms with Crippen molar-refractivity contribution in [2.45, 2.75) is 19.5 Å². The van der Waals surface area contributed by atoms with Crippen molar-refractivity contribution in [2.24, 2.45) is 0 Å². The van der Waals surface area contributed by atoms with Gasteiger partial charge in [-0.05, 0) is 26.1 Å². The minimum Gasteiger partial charge on any atom is -0.480 e. The molecule has 0 radical (unpaired) electrons. The first-order chi connectivity index (χ1) is 8.08. The summed E-state index contributed by atoms with van der Waals surface area (Å²) in [5.74, 6) is -0.328. The lowest BCUT2D eigenvalue weighted by molar-refractivity contribution is -0.142. The molecule has 1 unspecified atom stereocenters. The number of aliphatic carboxylic acids is 1. The SMILES string of the molecule is CC(C(=O)O)N(C)Cc1nc2ccccc2o1. The van der Waals surface area contributed by atoms with Crippen molar-refractivity contribution < 1.29 is 14.3 Å². The van der Waals surface area contributed by atoms with Gasteiger partial charge < -0.3 is 9.52 Å². The Hall–Kier alpha value is -1.88. The smallest absolute Gasteiger partial charge is 0.320 e. The van der Waals surface area contributed by atoms with Crippen molar-refractivity contribution in [3.05, 3.63) is 30.2 Å². The second-order valence-electron chi connectivity index (χ2n) is 4.00. The number of rotatable bonds is 4. The number of fused-ring (bicyclic) bond motifs is 1. The van der Waals surface area contributed by atoms with E-state index in [1.807, 2.05) is 24.3 Å². The molecule has 2 aromatic rings. The van der Waals surface area contributed by atoms with Gasteiger partial charge in [0.2, 0.25) is 5.89 Å². The van der Waals surface area contributed by atoms with Gasteiger partial charge in [0.15, 0.2) is 5.58 Å². The van der Waals surface area contributed by atoms with Gasteiger partial charge in [-0.25, -0.2) is 4.98 Å². The quantitative estimate of drug-likeness (QED) is 0.872. The van der Waals surface area contributed by atoms with Gasteiger partial charge in [0.1, 0.15) is 11.6 Å². The highest BCUT2D eigenvalue weighted by Crippen LogP contribution is 2.16. The lowest BCUT2D eigenvalue weighted by Gasteiger charge is -2.18. The zero-order chi connectivity index (χ0) is 12.4. The number of para-hydroxylation sites is 2. The van der Waals surface area contributed by atoms with E-state index in [0.29, 0.717) is 12.4 Å². The first-order valence-electron chi connectivity index (χ1n) is 5.35. The van der Waals surface area contributed by atoms with E-state index in [1.165, 1.54) is 0 Å². The van der Waals surface area contributed by atoms with Crippen LogP contribution in [0, 0.1) is 0 Å². The molecule has 1 N–H and O–H groups in total. The van der Waals surface area contributed by atoms with Gasteiger partial charge in [-0.3, -0.25) is 9.69 Å². The number of hydrogen-bond donors (Lipinski definition) is 1. The second kappa shape index (κ2) is 4.55. The Labute approximate surface area is 98.7 Å². The molecular formula is C12H14N2O3. The van der Waals surface area contributed by atoms with E-state index in [9.17, 15) is 4.79 Å². The molecule has 1 aromatic heterocycles. The van der Waals surface area contributed by atoms with Crippen LogP contribution in [-0.2, 0) is 11.3 Å². The van der Waals surface area contributed by atoms with Crippen LogP contribution >= 0.6 is 0 Å². The van der Waals surface area contributed by atoms with Crippen LogP contribution in [0.2, 0.25) is 0 Å². The Morgan fingerprint density at radius 1 is 1.53 bits per heavy atom. The number of aromatic nitrogens is 1. The van der Waals surface area contributed by atoms with Crippen molar-refractivity contribution in [1.29, 1.82) is 0 Å². The molecule has 5 heteroatoms. The molecule has 0 aliphatic carbocycles. The standard InChI is InChI=1S/C12H14N2O3/c1-8(12(15)16)14(2)7-11-13-9-5-3-4-6-10(9)17-11/h3-6,8H,7H2,1-2H3,(H,15,16). The summed E-state index contributed by atoms with van der Waals surface area (Å²) in [6, 6.07) is 6.90. The summed E-state index contributed by atoms with van der Waals surface area (Å²) in [4.78, 5) is 16.8. The Bertz CT molecular complexity index is 502. The molecule has 17 heavy (non-hydrogen) atoms. The molecule has 0 aliphatic rings. The molecule has 0 saturated carbocycles. The fraction of sp³-hybridized carbons (Fsp3) is 0.333. The van der Waals surface area contributed by atoms with Gasteiger partial charge in [0, 0.05) is 0 Å². The average Bonchev–Trinajstić information content (AvgIpc) is 2.69. The van der Waals surface area contributed by atoms with E-state index in [2.05, 4.69) is 4.98 Å². The second-order valence-corrected chi connectivity index (χ2v) is 4.00. The lowest BCUT2D eigenvalue weighted by atomic mass is 10.3. The van der Waals surface area contributed by atoms with Gasteiger partial charge >= 0.3 is 5.97 Å². The van der Waals surface area contributed by atoms with Crippen molar-refractivity contribution in [3.8, 4) is 0 Å². The summed E-state index contributed by atoms with van der Waals surface area (Å²) in [6.45, 7) is 2.01. The fourth-order valence-electron chi connectivity index (χ4n) is 1.53. The summed E-state index contributed by atoms with van der Waals surface area (Å²) in [6.07, 6.45) is 0. The molecule has 0 spiro atoms. The van der Waals surface area contributed by atoms with E-state index in [1.54, 1.807) is 18.9 Å². The van der Waals surface area contributed by atoms with Gasteiger partial charge in [0.25, 0.3) is 0 Å². The number of nitrogens with zero attached hydrogens (tertiary/aromatic N) is 2. The van der Waals surface area contributed by atoms with Gasteiger partial charge in [-0.1, -0.05) is 12.1 Å². The van der Waals surface area contributed by atoms with E-state index in [-0.39, 0.29) is 0 Å². The highest BCUT2D eigenvalue weighted by Gasteiger charge is 2.18.